The zero-order valence-electron chi connectivity index (χ0n) is 12.6. The zero-order chi connectivity index (χ0) is 16.2. The lowest BCUT2D eigenvalue weighted by molar-refractivity contribution is -0.144. The minimum atomic E-state index is -3.67. The number of esters is 1. The molecule has 0 spiro atoms. The van der Waals surface area contributed by atoms with Crippen molar-refractivity contribution < 1.29 is 23.1 Å². The number of methoxy groups -OCH3 is 1. The van der Waals surface area contributed by atoms with Crippen molar-refractivity contribution in [2.75, 3.05) is 20.7 Å². The van der Waals surface area contributed by atoms with Crippen molar-refractivity contribution in [3.8, 4) is 0 Å². The second-order valence-corrected chi connectivity index (χ2v) is 7.00. The predicted molar refractivity (Wildman–Crippen MR) is 78.1 cm³/mol. The minimum absolute atomic E-state index is 0.0349. The van der Waals surface area contributed by atoms with Crippen molar-refractivity contribution >= 4 is 16.0 Å². The van der Waals surface area contributed by atoms with Crippen molar-refractivity contribution in [2.24, 2.45) is 5.92 Å². The summed E-state index contributed by atoms with van der Waals surface area (Å²) >= 11 is 0. The summed E-state index contributed by atoms with van der Waals surface area (Å²) < 4.78 is 30.4. The first-order valence-corrected chi connectivity index (χ1v) is 7.96. The Labute approximate surface area is 125 Å². The van der Waals surface area contributed by atoms with Crippen LogP contribution < -0.4 is 0 Å². The topological polar surface area (TPSA) is 83.9 Å². The quantitative estimate of drug-likeness (QED) is 0.797. The molecule has 0 aromatic heterocycles. The molecule has 1 rings (SSSR count). The first-order valence-electron chi connectivity index (χ1n) is 6.52. The van der Waals surface area contributed by atoms with Crippen molar-refractivity contribution in [1.29, 1.82) is 0 Å². The van der Waals surface area contributed by atoms with E-state index in [9.17, 15) is 18.3 Å². The van der Waals surface area contributed by atoms with E-state index in [1.54, 1.807) is 26.0 Å². The summed E-state index contributed by atoms with van der Waals surface area (Å²) in [5.41, 5.74) is 0.638. The number of rotatable bonds is 6. The van der Waals surface area contributed by atoms with Crippen LogP contribution in [-0.4, -0.2) is 44.5 Å². The predicted octanol–water partition coefficient (Wildman–Crippen LogP) is 1.17. The third-order valence-electron chi connectivity index (χ3n) is 3.21. The van der Waals surface area contributed by atoms with Crippen LogP contribution >= 0.6 is 0 Å². The van der Waals surface area contributed by atoms with Crippen LogP contribution in [-0.2, 0) is 19.6 Å². The molecule has 0 aliphatic carbocycles. The smallest absolute Gasteiger partial charge is 0.309 e. The Balaban J connectivity index is 2.91. The van der Waals surface area contributed by atoms with E-state index in [-0.39, 0.29) is 11.4 Å². The molecule has 1 N–H and O–H groups in total. The molecule has 0 heterocycles. The normalized spacial score (nSPS) is 14.8. The van der Waals surface area contributed by atoms with Crippen molar-refractivity contribution in [1.82, 2.24) is 4.31 Å². The Morgan fingerprint density at radius 2 is 1.81 bits per heavy atom. The third kappa shape index (κ3) is 4.26. The van der Waals surface area contributed by atoms with Gasteiger partial charge in [0.1, 0.15) is 0 Å². The first kappa shape index (κ1) is 17.6. The highest BCUT2D eigenvalue weighted by atomic mass is 32.2. The molecule has 0 aliphatic heterocycles. The molecule has 118 valence electrons. The van der Waals surface area contributed by atoms with E-state index < -0.39 is 28.0 Å². The monoisotopic (exact) mass is 315 g/mol. The minimum Gasteiger partial charge on any atom is -0.469 e. The van der Waals surface area contributed by atoms with E-state index in [0.717, 1.165) is 4.31 Å². The third-order valence-corrected chi connectivity index (χ3v) is 5.04. The summed E-state index contributed by atoms with van der Waals surface area (Å²) in [4.78, 5) is 11.5. The van der Waals surface area contributed by atoms with Crippen LogP contribution in [0.3, 0.4) is 0 Å². The SMILES string of the molecule is COC(=O)C(C)CN(C)S(=O)(=O)c1ccc(C(C)O)cc1. The van der Waals surface area contributed by atoms with E-state index in [1.165, 1.54) is 26.3 Å². The van der Waals surface area contributed by atoms with Gasteiger partial charge in [0.15, 0.2) is 0 Å². The fourth-order valence-corrected chi connectivity index (χ4v) is 3.12. The molecule has 2 unspecified atom stereocenters. The zero-order valence-corrected chi connectivity index (χ0v) is 13.4. The fourth-order valence-electron chi connectivity index (χ4n) is 1.86. The van der Waals surface area contributed by atoms with Crippen molar-refractivity contribution in [3.63, 3.8) is 0 Å². The molecular formula is C14H21NO5S. The van der Waals surface area contributed by atoms with E-state index in [4.69, 9.17) is 0 Å². The number of aliphatic hydroxyl groups excluding tert-OH is 1. The highest BCUT2D eigenvalue weighted by Gasteiger charge is 2.25. The Bertz CT molecular complexity index is 580. The summed E-state index contributed by atoms with van der Waals surface area (Å²) in [6.45, 7) is 3.25. The molecule has 0 bridgehead atoms. The number of hydrogen-bond acceptors (Lipinski definition) is 5. The number of hydrogen-bond donors (Lipinski definition) is 1. The van der Waals surface area contributed by atoms with Gasteiger partial charge in [0.25, 0.3) is 0 Å². The molecule has 6 nitrogen and oxygen atoms in total. The van der Waals surface area contributed by atoms with Crippen LogP contribution in [0.1, 0.15) is 25.5 Å². The van der Waals surface area contributed by atoms with Gasteiger partial charge in [0, 0.05) is 13.6 Å². The summed E-state index contributed by atoms with van der Waals surface area (Å²) in [5.74, 6) is -1.01. The maximum atomic E-state index is 12.4. The lowest BCUT2D eigenvalue weighted by Gasteiger charge is -2.20. The number of carbonyl (C=O) groups excluding carboxylic acids is 1. The van der Waals surface area contributed by atoms with Gasteiger partial charge < -0.3 is 9.84 Å². The number of sulfonamides is 1. The molecule has 0 amide bonds. The fraction of sp³-hybridized carbons (Fsp3) is 0.500. The van der Waals surface area contributed by atoms with Crippen molar-refractivity contribution in [2.45, 2.75) is 24.8 Å². The van der Waals surface area contributed by atoms with Gasteiger partial charge in [-0.1, -0.05) is 19.1 Å². The average Bonchev–Trinajstić information content (AvgIpc) is 2.46. The molecule has 7 heteroatoms. The molecule has 0 fully saturated rings. The lowest BCUT2D eigenvalue weighted by Crippen LogP contribution is -2.34. The highest BCUT2D eigenvalue weighted by Crippen LogP contribution is 2.19. The largest absolute Gasteiger partial charge is 0.469 e. The molecule has 0 radical (unpaired) electrons. The maximum absolute atomic E-state index is 12.4. The van der Waals surface area contributed by atoms with Crippen LogP contribution in [0.2, 0.25) is 0 Å². The standard InChI is InChI=1S/C14H21NO5S/c1-10(14(17)20-4)9-15(3)21(18,19)13-7-5-12(6-8-13)11(2)16/h5-8,10-11,16H,9H2,1-4H3. The van der Waals surface area contributed by atoms with Crippen LogP contribution in [0.25, 0.3) is 0 Å². The van der Waals surface area contributed by atoms with Gasteiger partial charge in [-0.2, -0.15) is 0 Å². The lowest BCUT2D eigenvalue weighted by atomic mass is 10.1. The number of nitrogens with zero attached hydrogens (tertiary/aromatic N) is 1. The Morgan fingerprint density at radius 1 is 1.29 bits per heavy atom. The second-order valence-electron chi connectivity index (χ2n) is 4.95. The number of benzene rings is 1. The molecule has 21 heavy (non-hydrogen) atoms. The van der Waals surface area contributed by atoms with Gasteiger partial charge in [0.2, 0.25) is 10.0 Å². The van der Waals surface area contributed by atoms with E-state index in [2.05, 4.69) is 4.74 Å². The Kier molecular flexibility index (Phi) is 5.88. The van der Waals surface area contributed by atoms with Crippen molar-refractivity contribution in [3.05, 3.63) is 29.8 Å². The van der Waals surface area contributed by atoms with Gasteiger partial charge >= 0.3 is 5.97 Å². The highest BCUT2D eigenvalue weighted by molar-refractivity contribution is 7.89. The summed E-state index contributed by atoms with van der Waals surface area (Å²) in [6.07, 6.45) is -0.654. The van der Waals surface area contributed by atoms with E-state index >= 15 is 0 Å². The number of aliphatic hydroxyl groups is 1. The first-order chi connectivity index (χ1) is 9.70. The van der Waals surface area contributed by atoms with Crippen LogP contribution in [0.15, 0.2) is 29.2 Å². The molecule has 1 aromatic rings. The van der Waals surface area contributed by atoms with Gasteiger partial charge in [-0.25, -0.2) is 12.7 Å². The van der Waals surface area contributed by atoms with Crippen LogP contribution in [0.5, 0.6) is 0 Å². The van der Waals surface area contributed by atoms with Crippen LogP contribution in [0.4, 0.5) is 0 Å². The van der Waals surface area contributed by atoms with E-state index in [0.29, 0.717) is 5.56 Å². The van der Waals surface area contributed by atoms with E-state index in [1.807, 2.05) is 0 Å². The van der Waals surface area contributed by atoms with Gasteiger partial charge in [-0.15, -0.1) is 0 Å². The van der Waals surface area contributed by atoms with Gasteiger partial charge in [0.05, 0.1) is 24.0 Å². The Morgan fingerprint density at radius 3 is 2.24 bits per heavy atom. The molecule has 0 saturated carbocycles. The Hall–Kier alpha value is -1.44. The van der Waals surface area contributed by atoms with Gasteiger partial charge in [-0.05, 0) is 24.6 Å². The molecule has 2 atom stereocenters. The van der Waals surface area contributed by atoms with Gasteiger partial charge in [-0.3, -0.25) is 4.79 Å². The molecule has 0 aliphatic rings. The molecule has 1 aromatic carbocycles. The number of carbonyl (C=O) groups is 1. The average molecular weight is 315 g/mol. The second kappa shape index (κ2) is 7.02. The number of ether oxygens (including phenoxy) is 1. The molecule has 0 saturated heterocycles. The summed E-state index contributed by atoms with van der Waals surface area (Å²) in [5, 5.41) is 9.42. The summed E-state index contributed by atoms with van der Waals surface area (Å²) in [6, 6.07) is 6.01. The maximum Gasteiger partial charge on any atom is 0.309 e. The molecular weight excluding hydrogens is 294 g/mol. The van der Waals surface area contributed by atoms with Crippen LogP contribution in [0, 0.1) is 5.92 Å². The summed E-state index contributed by atoms with van der Waals surface area (Å²) in [7, 11) is -0.994.